The van der Waals surface area contributed by atoms with Gasteiger partial charge in [-0.05, 0) is 12.1 Å². The van der Waals surface area contributed by atoms with Crippen molar-refractivity contribution in [1.29, 1.82) is 0 Å². The first-order valence-electron chi connectivity index (χ1n) is 4.68. The Morgan fingerprint density at radius 2 is 2.06 bits per heavy atom. The van der Waals surface area contributed by atoms with Crippen molar-refractivity contribution < 1.29 is 36.8 Å². The molecule has 1 aromatic rings. The van der Waals surface area contributed by atoms with Gasteiger partial charge in [-0.25, -0.2) is 8.78 Å². The van der Waals surface area contributed by atoms with Crippen LogP contribution in [0.5, 0.6) is 5.75 Å². The van der Waals surface area contributed by atoms with Crippen molar-refractivity contribution in [3.8, 4) is 5.75 Å². The van der Waals surface area contributed by atoms with Gasteiger partial charge in [0.1, 0.15) is 12.4 Å². The Morgan fingerprint density at radius 3 is 2.62 bits per heavy atom. The Bertz CT molecular complexity index is 326. The van der Waals surface area contributed by atoms with Crippen LogP contribution in [-0.4, -0.2) is 24.4 Å². The van der Waals surface area contributed by atoms with Crippen LogP contribution in [0.4, 0.5) is 8.78 Å². The van der Waals surface area contributed by atoms with Gasteiger partial charge in [0.25, 0.3) is 0 Å². The fourth-order valence-electron chi connectivity index (χ4n) is 1.10. The summed E-state index contributed by atoms with van der Waals surface area (Å²) < 4.78 is 30.5. The molecule has 0 bridgehead atoms. The van der Waals surface area contributed by atoms with E-state index in [2.05, 4.69) is 5.73 Å². The second kappa shape index (κ2) is 7.38. The first-order chi connectivity index (χ1) is 7.13. The Kier molecular flexibility index (Phi) is 6.96. The lowest BCUT2D eigenvalue weighted by atomic mass is 10.2. The van der Waals surface area contributed by atoms with E-state index in [9.17, 15) is 13.9 Å². The van der Waals surface area contributed by atoms with Crippen LogP contribution in [0.15, 0.2) is 18.2 Å². The van der Waals surface area contributed by atoms with Gasteiger partial charge in [-0.2, -0.15) is 0 Å². The zero-order chi connectivity index (χ0) is 11.3. The van der Waals surface area contributed by atoms with E-state index in [0.717, 1.165) is 12.1 Å². The SMILES string of the molecule is [Cl-].[NH3+]CCC(O)COc1ccc(F)cc1F. The van der Waals surface area contributed by atoms with Crippen LogP contribution in [0, 0.1) is 11.6 Å². The summed E-state index contributed by atoms with van der Waals surface area (Å²) in [6, 6.07) is 3.04. The van der Waals surface area contributed by atoms with Crippen molar-refractivity contribution in [2.75, 3.05) is 13.2 Å². The Balaban J connectivity index is 0.00000225. The lowest BCUT2D eigenvalue weighted by Gasteiger charge is -2.10. The van der Waals surface area contributed by atoms with Crippen molar-refractivity contribution in [2.45, 2.75) is 12.5 Å². The van der Waals surface area contributed by atoms with E-state index in [-0.39, 0.29) is 24.8 Å². The highest BCUT2D eigenvalue weighted by molar-refractivity contribution is 5.24. The Labute approximate surface area is 98.6 Å². The number of hydrogen-bond acceptors (Lipinski definition) is 2. The lowest BCUT2D eigenvalue weighted by Crippen LogP contribution is -3.00. The van der Waals surface area contributed by atoms with Gasteiger partial charge < -0.3 is 28.0 Å². The molecule has 0 saturated carbocycles. The van der Waals surface area contributed by atoms with Crippen LogP contribution < -0.4 is 22.9 Å². The van der Waals surface area contributed by atoms with Crippen molar-refractivity contribution >= 4 is 0 Å². The average Bonchev–Trinajstić information content (AvgIpc) is 2.17. The van der Waals surface area contributed by atoms with Gasteiger partial charge in [0.2, 0.25) is 0 Å². The number of quaternary nitrogens is 1. The molecule has 0 aliphatic heterocycles. The molecular formula is C10H14ClF2NO2. The molecule has 0 amide bonds. The van der Waals surface area contributed by atoms with Crippen molar-refractivity contribution in [1.82, 2.24) is 0 Å². The van der Waals surface area contributed by atoms with Crippen LogP contribution >= 0.6 is 0 Å². The molecule has 0 heterocycles. The molecule has 16 heavy (non-hydrogen) atoms. The third kappa shape index (κ3) is 4.74. The molecular weight excluding hydrogens is 240 g/mol. The Hall–Kier alpha value is -0.910. The number of aliphatic hydroxyl groups is 1. The summed E-state index contributed by atoms with van der Waals surface area (Å²) in [7, 11) is 0. The van der Waals surface area contributed by atoms with E-state index in [1.54, 1.807) is 0 Å². The van der Waals surface area contributed by atoms with E-state index in [1.807, 2.05) is 0 Å². The fraction of sp³-hybridized carbons (Fsp3) is 0.400. The zero-order valence-electron chi connectivity index (χ0n) is 8.63. The van der Waals surface area contributed by atoms with Gasteiger partial charge in [-0.1, -0.05) is 0 Å². The number of ether oxygens (including phenoxy) is 1. The standard InChI is InChI=1S/C10H13F2NO2.ClH/c11-7-1-2-10(9(12)5-7)15-6-8(14)3-4-13;/h1-2,5,8,14H,3-4,6,13H2;1H. The van der Waals surface area contributed by atoms with Crippen LogP contribution in [0.3, 0.4) is 0 Å². The quantitative estimate of drug-likeness (QED) is 0.602. The summed E-state index contributed by atoms with van der Waals surface area (Å²) in [5.74, 6) is -1.48. The minimum Gasteiger partial charge on any atom is -1.00 e. The highest BCUT2D eigenvalue weighted by Crippen LogP contribution is 2.17. The van der Waals surface area contributed by atoms with E-state index >= 15 is 0 Å². The maximum Gasteiger partial charge on any atom is 0.167 e. The summed E-state index contributed by atoms with van der Waals surface area (Å²) in [6.07, 6.45) is -0.185. The first-order valence-corrected chi connectivity index (χ1v) is 4.68. The predicted octanol–water partition coefficient (Wildman–Crippen LogP) is -2.66. The smallest absolute Gasteiger partial charge is 0.167 e. The van der Waals surface area contributed by atoms with Gasteiger partial charge in [-0.3, -0.25) is 0 Å². The molecule has 6 heteroatoms. The lowest BCUT2D eigenvalue weighted by molar-refractivity contribution is -0.371. The number of hydrogen-bond donors (Lipinski definition) is 2. The number of rotatable bonds is 5. The Morgan fingerprint density at radius 1 is 1.38 bits per heavy atom. The molecule has 3 nitrogen and oxygen atoms in total. The van der Waals surface area contributed by atoms with Gasteiger partial charge in [0, 0.05) is 12.5 Å². The summed E-state index contributed by atoms with van der Waals surface area (Å²) in [6.45, 7) is 0.564. The second-order valence-electron chi connectivity index (χ2n) is 3.18. The van der Waals surface area contributed by atoms with Gasteiger partial charge in [-0.15, -0.1) is 0 Å². The van der Waals surface area contributed by atoms with Crippen molar-refractivity contribution in [2.24, 2.45) is 0 Å². The summed E-state index contributed by atoms with van der Waals surface area (Å²) in [4.78, 5) is 0. The van der Waals surface area contributed by atoms with E-state index < -0.39 is 17.7 Å². The van der Waals surface area contributed by atoms with Gasteiger partial charge in [0.05, 0.1) is 12.6 Å². The monoisotopic (exact) mass is 253 g/mol. The number of benzene rings is 1. The molecule has 0 aliphatic rings. The van der Waals surface area contributed by atoms with E-state index in [4.69, 9.17) is 4.74 Å². The fourth-order valence-corrected chi connectivity index (χ4v) is 1.10. The molecule has 1 unspecified atom stereocenters. The minimum absolute atomic E-state index is 0. The van der Waals surface area contributed by atoms with Crippen LogP contribution in [0.2, 0.25) is 0 Å². The average molecular weight is 254 g/mol. The maximum absolute atomic E-state index is 13.0. The van der Waals surface area contributed by atoms with Crippen LogP contribution in [0.25, 0.3) is 0 Å². The molecule has 4 N–H and O–H groups in total. The van der Waals surface area contributed by atoms with Crippen LogP contribution in [-0.2, 0) is 0 Å². The van der Waals surface area contributed by atoms with E-state index in [1.165, 1.54) is 6.07 Å². The summed E-state index contributed by atoms with van der Waals surface area (Å²) in [5.41, 5.74) is 3.57. The molecule has 0 fully saturated rings. The minimum atomic E-state index is -0.767. The highest BCUT2D eigenvalue weighted by atomic mass is 35.5. The van der Waals surface area contributed by atoms with Crippen molar-refractivity contribution in [3.63, 3.8) is 0 Å². The largest absolute Gasteiger partial charge is 1.00 e. The normalized spacial score (nSPS) is 11.8. The highest BCUT2D eigenvalue weighted by Gasteiger charge is 2.08. The molecule has 1 aromatic carbocycles. The molecule has 0 aliphatic carbocycles. The summed E-state index contributed by atoms with van der Waals surface area (Å²) in [5, 5.41) is 9.29. The molecule has 0 spiro atoms. The van der Waals surface area contributed by atoms with Gasteiger partial charge >= 0.3 is 0 Å². The predicted molar refractivity (Wildman–Crippen MR) is 50.2 cm³/mol. The van der Waals surface area contributed by atoms with E-state index in [0.29, 0.717) is 13.0 Å². The van der Waals surface area contributed by atoms with Crippen molar-refractivity contribution in [3.05, 3.63) is 29.8 Å². The molecule has 0 saturated heterocycles. The molecule has 1 rings (SSSR count). The maximum atomic E-state index is 13.0. The number of halogens is 3. The first kappa shape index (κ1) is 15.1. The third-order valence-electron chi connectivity index (χ3n) is 1.86. The zero-order valence-corrected chi connectivity index (χ0v) is 9.38. The molecule has 1 atom stereocenters. The molecule has 0 aromatic heterocycles. The molecule has 92 valence electrons. The third-order valence-corrected chi connectivity index (χ3v) is 1.86. The molecule has 0 radical (unpaired) electrons. The van der Waals surface area contributed by atoms with Crippen LogP contribution in [0.1, 0.15) is 6.42 Å². The summed E-state index contributed by atoms with van der Waals surface area (Å²) >= 11 is 0. The topological polar surface area (TPSA) is 57.1 Å². The number of aliphatic hydroxyl groups excluding tert-OH is 1. The second-order valence-corrected chi connectivity index (χ2v) is 3.18. The van der Waals surface area contributed by atoms with Gasteiger partial charge in [0.15, 0.2) is 11.6 Å².